The zero-order chi connectivity index (χ0) is 33.0. The van der Waals surface area contributed by atoms with Crippen molar-refractivity contribution in [2.24, 2.45) is 9.98 Å². The summed E-state index contributed by atoms with van der Waals surface area (Å²) in [6, 6.07) is 57.6. The van der Waals surface area contributed by atoms with Crippen LogP contribution in [0.2, 0.25) is 0 Å². The van der Waals surface area contributed by atoms with Crippen LogP contribution in [0.15, 0.2) is 178 Å². The average molecular weight is 660 g/mol. The number of furan rings is 1. The number of nitrogens with one attached hydrogen (secondary N) is 1. The third-order valence-corrected chi connectivity index (χ3v) is 10.7. The van der Waals surface area contributed by atoms with Gasteiger partial charge in [-0.2, -0.15) is 0 Å². The Bertz CT molecular complexity index is 2780. The topological polar surface area (TPSA) is 49.9 Å². The Labute approximate surface area is 292 Å². The van der Waals surface area contributed by atoms with E-state index in [0.29, 0.717) is 5.84 Å². The molecule has 0 amide bonds. The van der Waals surface area contributed by atoms with Crippen molar-refractivity contribution in [1.29, 1.82) is 0 Å². The molecule has 1 N–H and O–H groups in total. The first-order valence-electron chi connectivity index (χ1n) is 16.8. The molecule has 10 rings (SSSR count). The van der Waals surface area contributed by atoms with Gasteiger partial charge in [-0.25, -0.2) is 9.98 Å². The first-order chi connectivity index (χ1) is 24.7. The molecule has 0 aliphatic carbocycles. The Kier molecular flexibility index (Phi) is 6.71. The Morgan fingerprint density at radius 2 is 1.10 bits per heavy atom. The molecule has 1 unspecified atom stereocenters. The van der Waals surface area contributed by atoms with Gasteiger partial charge in [0.15, 0.2) is 5.84 Å². The summed E-state index contributed by atoms with van der Waals surface area (Å²) < 4.78 is 9.07. The van der Waals surface area contributed by atoms with Crippen molar-refractivity contribution < 1.29 is 4.42 Å². The van der Waals surface area contributed by atoms with E-state index in [0.717, 1.165) is 50.0 Å². The van der Waals surface area contributed by atoms with Crippen molar-refractivity contribution in [3.63, 3.8) is 0 Å². The number of hydrogen-bond acceptors (Lipinski definition) is 5. The van der Waals surface area contributed by atoms with Crippen molar-refractivity contribution in [3.05, 3.63) is 180 Å². The highest BCUT2D eigenvalue weighted by molar-refractivity contribution is 7.25. The van der Waals surface area contributed by atoms with Crippen LogP contribution >= 0.6 is 11.3 Å². The lowest BCUT2D eigenvalue weighted by Gasteiger charge is -2.23. The second-order valence-corrected chi connectivity index (χ2v) is 13.7. The summed E-state index contributed by atoms with van der Waals surface area (Å²) in [5.41, 5.74) is 9.45. The molecule has 236 valence electrons. The summed E-state index contributed by atoms with van der Waals surface area (Å²) >= 11 is 1.85. The molecule has 0 fully saturated rings. The molecule has 50 heavy (non-hydrogen) atoms. The van der Waals surface area contributed by atoms with Crippen LogP contribution in [0, 0.1) is 0 Å². The van der Waals surface area contributed by atoms with Gasteiger partial charge in [0.1, 0.15) is 23.2 Å². The monoisotopic (exact) mass is 659 g/mol. The zero-order valence-corrected chi connectivity index (χ0v) is 27.7. The fraction of sp³-hybridized carbons (Fsp3) is 0.0222. The molecule has 0 radical (unpaired) electrons. The van der Waals surface area contributed by atoms with Crippen LogP contribution in [0.1, 0.15) is 22.9 Å². The summed E-state index contributed by atoms with van der Waals surface area (Å²) in [7, 11) is 0. The van der Waals surface area contributed by atoms with Crippen LogP contribution in [-0.2, 0) is 0 Å². The average Bonchev–Trinajstić information content (AvgIpc) is 3.75. The number of benzene rings is 7. The molecule has 1 atom stereocenters. The highest BCUT2D eigenvalue weighted by atomic mass is 32.1. The fourth-order valence-electron chi connectivity index (χ4n) is 6.98. The Hall–Kier alpha value is -6.30. The van der Waals surface area contributed by atoms with Crippen LogP contribution in [0.5, 0.6) is 0 Å². The maximum atomic E-state index is 6.42. The highest BCUT2D eigenvalue weighted by Crippen LogP contribution is 2.38. The quantitative estimate of drug-likeness (QED) is 0.200. The van der Waals surface area contributed by atoms with Gasteiger partial charge in [-0.1, -0.05) is 121 Å². The maximum Gasteiger partial charge on any atom is 0.159 e. The van der Waals surface area contributed by atoms with E-state index in [1.54, 1.807) is 0 Å². The van der Waals surface area contributed by atoms with Gasteiger partial charge in [-0.3, -0.25) is 0 Å². The maximum absolute atomic E-state index is 6.42. The second-order valence-electron chi connectivity index (χ2n) is 12.6. The van der Waals surface area contributed by atoms with Crippen LogP contribution in [0.25, 0.3) is 64.4 Å². The first kappa shape index (κ1) is 28.7. The van der Waals surface area contributed by atoms with Gasteiger partial charge in [0.25, 0.3) is 0 Å². The Morgan fingerprint density at radius 1 is 0.460 bits per heavy atom. The van der Waals surface area contributed by atoms with Crippen LogP contribution in [0.3, 0.4) is 0 Å². The number of fused-ring (bicyclic) bond motifs is 6. The highest BCUT2D eigenvalue weighted by Gasteiger charge is 2.21. The summed E-state index contributed by atoms with van der Waals surface area (Å²) in [6.07, 6.45) is -0.252. The van der Waals surface area contributed by atoms with Gasteiger partial charge >= 0.3 is 0 Å². The third kappa shape index (κ3) is 4.99. The lowest BCUT2D eigenvalue weighted by atomic mass is 9.98. The number of nitrogens with zero attached hydrogens (tertiary/aromatic N) is 2. The number of hydrogen-bond donors (Lipinski definition) is 1. The predicted molar refractivity (Wildman–Crippen MR) is 209 cm³/mol. The largest absolute Gasteiger partial charge is 0.456 e. The van der Waals surface area contributed by atoms with E-state index in [4.69, 9.17) is 14.4 Å². The van der Waals surface area contributed by atoms with E-state index in [1.807, 2.05) is 47.7 Å². The summed E-state index contributed by atoms with van der Waals surface area (Å²) in [5, 5.41) is 8.33. The van der Waals surface area contributed by atoms with Crippen molar-refractivity contribution in [3.8, 4) is 22.3 Å². The van der Waals surface area contributed by atoms with Crippen molar-refractivity contribution in [2.75, 3.05) is 0 Å². The number of rotatable bonds is 5. The molecule has 7 aromatic carbocycles. The number of thiophene rings is 1. The molecular formula is C45H29N3OS. The van der Waals surface area contributed by atoms with Crippen LogP contribution in [0.4, 0.5) is 0 Å². The van der Waals surface area contributed by atoms with Gasteiger partial charge in [0, 0.05) is 42.1 Å². The molecule has 0 bridgehead atoms. The normalized spacial score (nSPS) is 14.6. The SMILES string of the molecule is c1ccc(C2=NC(c3ccc4c(c3)oc3ccc(-c5ccc(-c6ccc7sc8ccccc8c7c6)cc5)cc34)=NC(c3ccccc3)N2)cc1. The summed E-state index contributed by atoms with van der Waals surface area (Å²) in [4.78, 5) is 10.0. The van der Waals surface area contributed by atoms with E-state index in [2.05, 4.69) is 133 Å². The second kappa shape index (κ2) is 11.7. The van der Waals surface area contributed by atoms with Crippen molar-refractivity contribution in [1.82, 2.24) is 5.32 Å². The minimum absolute atomic E-state index is 0.252. The van der Waals surface area contributed by atoms with E-state index in [9.17, 15) is 0 Å². The zero-order valence-electron chi connectivity index (χ0n) is 26.9. The number of amidine groups is 2. The molecule has 9 aromatic rings. The van der Waals surface area contributed by atoms with Crippen LogP contribution < -0.4 is 5.32 Å². The minimum atomic E-state index is -0.252. The predicted octanol–water partition coefficient (Wildman–Crippen LogP) is 11.8. The molecule has 4 nitrogen and oxygen atoms in total. The van der Waals surface area contributed by atoms with Gasteiger partial charge in [0.2, 0.25) is 0 Å². The van der Waals surface area contributed by atoms with Crippen molar-refractivity contribution in [2.45, 2.75) is 6.17 Å². The fourth-order valence-corrected chi connectivity index (χ4v) is 8.07. The van der Waals surface area contributed by atoms with Gasteiger partial charge in [-0.15, -0.1) is 11.3 Å². The molecule has 0 saturated carbocycles. The standard InChI is InChI=1S/C45H29N3OS/c1-3-9-30(10-4-1)43-46-44(31-11-5-2-6-12-31)48-45(47-43)34-19-22-35-37-25-32(20-23-39(37)49-40(35)27-34)28-15-17-29(18-16-28)33-21-24-42-38(26-33)36-13-7-8-14-41(36)50-42/h1-27,43H,(H,46,47,48). The van der Waals surface area contributed by atoms with E-state index < -0.39 is 0 Å². The summed E-state index contributed by atoms with van der Waals surface area (Å²) in [5.74, 6) is 1.47. The number of aliphatic imine (C=N–C) groups is 2. The lowest BCUT2D eigenvalue weighted by molar-refractivity contribution is 0.667. The molecular weight excluding hydrogens is 631 g/mol. The van der Waals surface area contributed by atoms with Gasteiger partial charge in [0.05, 0.1) is 0 Å². The van der Waals surface area contributed by atoms with E-state index in [-0.39, 0.29) is 6.17 Å². The smallest absolute Gasteiger partial charge is 0.159 e. The summed E-state index contributed by atoms with van der Waals surface area (Å²) in [6.45, 7) is 0. The van der Waals surface area contributed by atoms with Crippen LogP contribution in [-0.4, -0.2) is 11.7 Å². The molecule has 0 saturated heterocycles. The molecule has 1 aliphatic rings. The minimum Gasteiger partial charge on any atom is -0.456 e. The Balaban J connectivity index is 0.984. The van der Waals surface area contributed by atoms with Crippen molar-refractivity contribution >= 4 is 65.1 Å². The first-order valence-corrected chi connectivity index (χ1v) is 17.6. The van der Waals surface area contributed by atoms with E-state index >= 15 is 0 Å². The Morgan fingerprint density at radius 3 is 1.90 bits per heavy atom. The van der Waals surface area contributed by atoms with E-state index in [1.165, 1.54) is 36.9 Å². The molecule has 5 heteroatoms. The molecule has 0 spiro atoms. The lowest BCUT2D eigenvalue weighted by Crippen LogP contribution is -2.33. The van der Waals surface area contributed by atoms with Gasteiger partial charge < -0.3 is 9.73 Å². The molecule has 2 aromatic heterocycles. The molecule has 3 heterocycles. The van der Waals surface area contributed by atoms with Gasteiger partial charge in [-0.05, 0) is 70.3 Å². The third-order valence-electron chi connectivity index (χ3n) is 9.56. The molecule has 1 aliphatic heterocycles.